The van der Waals surface area contributed by atoms with Crippen LogP contribution in [0.2, 0.25) is 0 Å². The largest absolute Gasteiger partial charge is 0.415 e. The molecule has 42 heavy (non-hydrogen) atoms. The van der Waals surface area contributed by atoms with Crippen LogP contribution in [0.1, 0.15) is 123 Å². The van der Waals surface area contributed by atoms with E-state index in [-0.39, 0.29) is 0 Å². The number of nitrogens with one attached hydrogen (secondary N) is 2. The SMILES string of the molecule is O=C(NCCCCCCCCCCCCCCCCCCNC(=O)OC(=O)c1ccccc1)OC(=O)c1ccccc1. The third-order valence-electron chi connectivity index (χ3n) is 7.03. The van der Waals surface area contributed by atoms with Gasteiger partial charge in [0.2, 0.25) is 0 Å². The lowest BCUT2D eigenvalue weighted by molar-refractivity contribution is 0.0608. The summed E-state index contributed by atoms with van der Waals surface area (Å²) in [6.07, 6.45) is 17.6. The van der Waals surface area contributed by atoms with Crippen LogP contribution in [0.25, 0.3) is 0 Å². The van der Waals surface area contributed by atoms with E-state index in [9.17, 15) is 19.2 Å². The molecule has 230 valence electrons. The van der Waals surface area contributed by atoms with Crippen molar-refractivity contribution in [3.63, 3.8) is 0 Å². The van der Waals surface area contributed by atoms with Crippen molar-refractivity contribution in [3.8, 4) is 0 Å². The molecule has 0 spiro atoms. The van der Waals surface area contributed by atoms with Gasteiger partial charge in [0.15, 0.2) is 0 Å². The first kappa shape index (κ1) is 34.5. The maximum atomic E-state index is 11.8. The highest BCUT2D eigenvalue weighted by atomic mass is 16.6. The Morgan fingerprint density at radius 3 is 0.952 bits per heavy atom. The summed E-state index contributed by atoms with van der Waals surface area (Å²) in [5, 5.41) is 5.28. The lowest BCUT2D eigenvalue weighted by atomic mass is 10.0. The van der Waals surface area contributed by atoms with Crippen LogP contribution in [-0.4, -0.2) is 37.2 Å². The molecule has 0 atom stereocenters. The monoisotopic (exact) mass is 580 g/mol. The van der Waals surface area contributed by atoms with E-state index >= 15 is 0 Å². The minimum atomic E-state index is -0.687. The van der Waals surface area contributed by atoms with Crippen LogP contribution in [0.15, 0.2) is 60.7 Å². The van der Waals surface area contributed by atoms with Gasteiger partial charge in [-0.25, -0.2) is 19.2 Å². The maximum Gasteiger partial charge on any atom is 0.415 e. The quantitative estimate of drug-likeness (QED) is 0.0872. The Balaban J connectivity index is 1.25. The summed E-state index contributed by atoms with van der Waals surface area (Å²) in [4.78, 5) is 47.1. The summed E-state index contributed by atoms with van der Waals surface area (Å²) in [6.45, 7) is 1.04. The number of esters is 2. The van der Waals surface area contributed by atoms with E-state index < -0.39 is 24.1 Å². The van der Waals surface area contributed by atoms with Crippen molar-refractivity contribution in [2.24, 2.45) is 0 Å². The number of carbonyl (C=O) groups excluding carboxylic acids is 4. The van der Waals surface area contributed by atoms with E-state index in [1.165, 1.54) is 64.2 Å². The third-order valence-corrected chi connectivity index (χ3v) is 7.03. The molecule has 0 bridgehead atoms. The number of amides is 2. The molecule has 0 aliphatic heterocycles. The van der Waals surface area contributed by atoms with Crippen LogP contribution >= 0.6 is 0 Å². The number of hydrogen-bond donors (Lipinski definition) is 2. The molecular weight excluding hydrogens is 532 g/mol. The number of unbranched alkanes of at least 4 members (excludes halogenated alkanes) is 15. The van der Waals surface area contributed by atoms with Crippen LogP contribution in [0.4, 0.5) is 9.59 Å². The molecular formula is C34H48N2O6. The minimum Gasteiger partial charge on any atom is -0.373 e. The van der Waals surface area contributed by atoms with Crippen LogP contribution in [0.3, 0.4) is 0 Å². The van der Waals surface area contributed by atoms with Gasteiger partial charge in [0.25, 0.3) is 0 Å². The second kappa shape index (κ2) is 22.9. The molecule has 8 nitrogen and oxygen atoms in total. The van der Waals surface area contributed by atoms with E-state index in [4.69, 9.17) is 9.47 Å². The number of carbonyl (C=O) groups is 4. The van der Waals surface area contributed by atoms with Crippen molar-refractivity contribution in [1.82, 2.24) is 10.6 Å². The Morgan fingerprint density at radius 1 is 0.405 bits per heavy atom. The van der Waals surface area contributed by atoms with Crippen molar-refractivity contribution >= 4 is 24.1 Å². The Bertz CT molecular complexity index is 945. The molecule has 2 rings (SSSR count). The Labute approximate surface area is 250 Å². The zero-order chi connectivity index (χ0) is 30.1. The molecule has 2 aromatic carbocycles. The molecule has 0 fully saturated rings. The standard InChI is InChI=1S/C34H48N2O6/c37-31(29-23-17-15-18-24-29)41-33(39)35-27-21-13-11-9-7-5-3-1-2-4-6-8-10-12-14-22-28-36-34(40)42-32(38)30-25-19-16-20-26-30/h15-20,23-26H,1-14,21-22,27-28H2,(H,35,39)(H,36,40). The molecule has 0 saturated heterocycles. The first-order valence-electron chi connectivity index (χ1n) is 15.7. The lowest BCUT2D eigenvalue weighted by Crippen LogP contribution is -2.27. The lowest BCUT2D eigenvalue weighted by Gasteiger charge is -2.06. The second-order valence-electron chi connectivity index (χ2n) is 10.6. The molecule has 0 aliphatic carbocycles. The molecule has 0 unspecified atom stereocenters. The summed E-state index contributed by atoms with van der Waals surface area (Å²) in [7, 11) is 0. The summed E-state index contributed by atoms with van der Waals surface area (Å²) < 4.78 is 9.57. The van der Waals surface area contributed by atoms with Gasteiger partial charge in [0, 0.05) is 13.1 Å². The molecule has 2 aromatic rings. The normalized spacial score (nSPS) is 10.6. The van der Waals surface area contributed by atoms with Gasteiger partial charge in [-0.2, -0.15) is 0 Å². The average molecular weight is 581 g/mol. The maximum absolute atomic E-state index is 11.8. The Kier molecular flexibility index (Phi) is 18.9. The highest BCUT2D eigenvalue weighted by Gasteiger charge is 2.12. The van der Waals surface area contributed by atoms with E-state index in [2.05, 4.69) is 10.6 Å². The number of ether oxygens (including phenoxy) is 2. The van der Waals surface area contributed by atoms with Gasteiger partial charge in [0.05, 0.1) is 11.1 Å². The van der Waals surface area contributed by atoms with E-state index in [0.717, 1.165) is 38.5 Å². The van der Waals surface area contributed by atoms with Crippen molar-refractivity contribution in [2.45, 2.75) is 103 Å². The molecule has 2 N–H and O–H groups in total. The minimum absolute atomic E-state index is 0.365. The first-order chi connectivity index (χ1) is 20.6. The zero-order valence-electron chi connectivity index (χ0n) is 25.0. The van der Waals surface area contributed by atoms with Crippen molar-refractivity contribution in [3.05, 3.63) is 71.8 Å². The van der Waals surface area contributed by atoms with Gasteiger partial charge >= 0.3 is 24.1 Å². The van der Waals surface area contributed by atoms with Crippen molar-refractivity contribution in [1.29, 1.82) is 0 Å². The second-order valence-corrected chi connectivity index (χ2v) is 10.6. The highest BCUT2D eigenvalue weighted by molar-refractivity contribution is 5.96. The van der Waals surface area contributed by atoms with Gasteiger partial charge in [-0.05, 0) is 37.1 Å². The fraction of sp³-hybridized carbons (Fsp3) is 0.529. The molecule has 0 saturated carbocycles. The number of hydrogen-bond acceptors (Lipinski definition) is 6. The number of alkyl carbamates (subject to hydrolysis) is 2. The van der Waals surface area contributed by atoms with Gasteiger partial charge in [-0.3, -0.25) is 0 Å². The van der Waals surface area contributed by atoms with Crippen molar-refractivity contribution in [2.75, 3.05) is 13.1 Å². The van der Waals surface area contributed by atoms with Crippen LogP contribution in [0.5, 0.6) is 0 Å². The zero-order valence-corrected chi connectivity index (χ0v) is 25.0. The smallest absolute Gasteiger partial charge is 0.373 e. The molecule has 8 heteroatoms. The van der Waals surface area contributed by atoms with E-state index in [0.29, 0.717) is 24.2 Å². The van der Waals surface area contributed by atoms with Crippen LogP contribution < -0.4 is 10.6 Å². The van der Waals surface area contributed by atoms with Gasteiger partial charge < -0.3 is 20.1 Å². The van der Waals surface area contributed by atoms with Gasteiger partial charge in [0.1, 0.15) is 0 Å². The predicted octanol–water partition coefficient (Wildman–Crippen LogP) is 8.36. The predicted molar refractivity (Wildman–Crippen MR) is 164 cm³/mol. The summed E-state index contributed by atoms with van der Waals surface area (Å²) in [5.41, 5.74) is 0.729. The number of benzene rings is 2. The Hall–Kier alpha value is -3.68. The summed E-state index contributed by atoms with van der Waals surface area (Å²) in [5.74, 6) is -1.26. The topological polar surface area (TPSA) is 111 Å². The van der Waals surface area contributed by atoms with E-state index in [1.54, 1.807) is 60.7 Å². The van der Waals surface area contributed by atoms with Gasteiger partial charge in [-0.15, -0.1) is 0 Å². The van der Waals surface area contributed by atoms with Crippen molar-refractivity contribution < 1.29 is 28.7 Å². The molecule has 0 heterocycles. The third kappa shape index (κ3) is 17.2. The van der Waals surface area contributed by atoms with Crippen LogP contribution in [-0.2, 0) is 9.47 Å². The van der Waals surface area contributed by atoms with Crippen LogP contribution in [0, 0.1) is 0 Å². The van der Waals surface area contributed by atoms with Gasteiger partial charge in [-0.1, -0.05) is 126 Å². The highest BCUT2D eigenvalue weighted by Crippen LogP contribution is 2.14. The average Bonchev–Trinajstić information content (AvgIpc) is 3.00. The fourth-order valence-corrected chi connectivity index (χ4v) is 4.61. The fourth-order valence-electron chi connectivity index (χ4n) is 4.61. The summed E-state index contributed by atoms with van der Waals surface area (Å²) >= 11 is 0. The van der Waals surface area contributed by atoms with E-state index in [1.807, 2.05) is 0 Å². The molecule has 0 radical (unpaired) electrons. The molecule has 0 aromatic heterocycles. The number of rotatable bonds is 21. The molecule has 2 amide bonds. The molecule has 0 aliphatic rings. The summed E-state index contributed by atoms with van der Waals surface area (Å²) in [6, 6.07) is 17.0. The first-order valence-corrected chi connectivity index (χ1v) is 15.7. The Morgan fingerprint density at radius 2 is 0.667 bits per heavy atom.